The highest BCUT2D eigenvalue weighted by Gasteiger charge is 2.47. The number of fused-ring (bicyclic) bond motifs is 1. The number of rotatable bonds is 5. The summed E-state index contributed by atoms with van der Waals surface area (Å²) in [6, 6.07) is 5.08. The summed E-state index contributed by atoms with van der Waals surface area (Å²) in [6.07, 6.45) is 3.65. The molecule has 2 aliphatic rings. The zero-order valence-electron chi connectivity index (χ0n) is 15.6. The Morgan fingerprint density at radius 3 is 2.43 bits per heavy atom. The molecule has 1 aromatic carbocycles. The number of ether oxygens (including phenoxy) is 1. The number of imide groups is 1. The van der Waals surface area contributed by atoms with Gasteiger partial charge in [-0.3, -0.25) is 24.1 Å². The molecule has 1 fully saturated rings. The van der Waals surface area contributed by atoms with E-state index >= 15 is 0 Å². The first kappa shape index (κ1) is 20.1. The van der Waals surface area contributed by atoms with E-state index in [4.69, 9.17) is 16.3 Å². The number of hydrogen-bond acceptors (Lipinski definition) is 5. The molecule has 8 heteroatoms. The molecular formula is C20H21ClN2O5. The van der Waals surface area contributed by atoms with E-state index in [1.54, 1.807) is 25.1 Å². The average Bonchev–Trinajstić information content (AvgIpc) is 2.90. The molecule has 1 saturated heterocycles. The maximum Gasteiger partial charge on any atom is 0.326 e. The minimum atomic E-state index is -1.09. The highest BCUT2D eigenvalue weighted by Crippen LogP contribution is 2.34. The van der Waals surface area contributed by atoms with Gasteiger partial charge in [-0.15, -0.1) is 0 Å². The molecular weight excluding hydrogens is 384 g/mol. The summed E-state index contributed by atoms with van der Waals surface area (Å²) in [4.78, 5) is 50.2. The van der Waals surface area contributed by atoms with Crippen molar-refractivity contribution in [2.45, 2.75) is 32.8 Å². The zero-order valence-corrected chi connectivity index (χ0v) is 16.4. The smallest absolute Gasteiger partial charge is 0.326 e. The SMILES string of the molecule is Cc1c(Cl)cccc1NC(=O)[C@@H](C)OC(=O)CN1C(=O)[C@H]2CC=CC[C@H]2C1=O. The first-order valence-electron chi connectivity index (χ1n) is 9.05. The lowest BCUT2D eigenvalue weighted by molar-refractivity contribution is -0.158. The summed E-state index contributed by atoms with van der Waals surface area (Å²) < 4.78 is 5.12. The van der Waals surface area contributed by atoms with Crippen molar-refractivity contribution in [1.82, 2.24) is 4.90 Å². The van der Waals surface area contributed by atoms with E-state index in [-0.39, 0.29) is 11.8 Å². The van der Waals surface area contributed by atoms with Crippen molar-refractivity contribution in [3.8, 4) is 0 Å². The Bertz CT molecular complexity index is 840. The monoisotopic (exact) mass is 404 g/mol. The molecule has 1 aromatic rings. The quantitative estimate of drug-likeness (QED) is 0.462. The van der Waals surface area contributed by atoms with Gasteiger partial charge >= 0.3 is 5.97 Å². The standard InChI is InChI=1S/C20H21ClN2O5/c1-11-15(21)8-5-9-16(11)22-18(25)12(2)28-17(24)10-23-19(26)13-6-3-4-7-14(13)20(23)27/h3-5,8-9,12-14H,6-7,10H2,1-2H3,(H,22,25)/t12-,13-,14+/m1/s1. The van der Waals surface area contributed by atoms with E-state index in [2.05, 4.69) is 5.32 Å². The Balaban J connectivity index is 1.57. The van der Waals surface area contributed by atoms with Gasteiger partial charge in [0.1, 0.15) is 6.54 Å². The van der Waals surface area contributed by atoms with E-state index in [1.807, 2.05) is 12.2 Å². The third-order valence-corrected chi connectivity index (χ3v) is 5.50. The van der Waals surface area contributed by atoms with Crippen molar-refractivity contribution in [3.05, 3.63) is 40.9 Å². The maximum absolute atomic E-state index is 12.4. The minimum absolute atomic E-state index is 0.358. The largest absolute Gasteiger partial charge is 0.451 e. The molecule has 0 unspecified atom stereocenters. The van der Waals surface area contributed by atoms with Gasteiger partial charge in [-0.1, -0.05) is 29.8 Å². The summed E-state index contributed by atoms with van der Waals surface area (Å²) in [6.45, 7) is 2.69. The Morgan fingerprint density at radius 1 is 1.21 bits per heavy atom. The first-order chi connectivity index (χ1) is 13.3. The number of nitrogens with one attached hydrogen (secondary N) is 1. The molecule has 1 aliphatic carbocycles. The van der Waals surface area contributed by atoms with Crippen molar-refractivity contribution in [3.63, 3.8) is 0 Å². The van der Waals surface area contributed by atoms with Crippen LogP contribution < -0.4 is 5.32 Å². The summed E-state index contributed by atoms with van der Waals surface area (Å²) in [5.41, 5.74) is 1.21. The Morgan fingerprint density at radius 2 is 1.82 bits per heavy atom. The average molecular weight is 405 g/mol. The summed E-state index contributed by atoms with van der Waals surface area (Å²) in [7, 11) is 0. The molecule has 148 valence electrons. The fraction of sp³-hybridized carbons (Fsp3) is 0.400. The van der Waals surface area contributed by atoms with E-state index in [1.165, 1.54) is 6.92 Å². The van der Waals surface area contributed by atoms with Crippen LogP contribution in [0.2, 0.25) is 5.02 Å². The van der Waals surface area contributed by atoms with Crippen LogP contribution in [0.15, 0.2) is 30.4 Å². The molecule has 7 nitrogen and oxygen atoms in total. The summed E-state index contributed by atoms with van der Waals surface area (Å²) >= 11 is 6.03. The van der Waals surface area contributed by atoms with Crippen molar-refractivity contribution < 1.29 is 23.9 Å². The molecule has 28 heavy (non-hydrogen) atoms. The second-order valence-corrected chi connectivity index (χ2v) is 7.36. The van der Waals surface area contributed by atoms with Crippen molar-refractivity contribution in [2.75, 3.05) is 11.9 Å². The van der Waals surface area contributed by atoms with Gasteiger partial charge in [-0.25, -0.2) is 0 Å². The number of esters is 1. The number of anilines is 1. The number of allylic oxidation sites excluding steroid dienone is 2. The molecule has 0 saturated carbocycles. The number of nitrogens with zero attached hydrogens (tertiary/aromatic N) is 1. The van der Waals surface area contributed by atoms with Gasteiger partial charge in [0, 0.05) is 10.7 Å². The van der Waals surface area contributed by atoms with E-state index in [0.717, 1.165) is 4.90 Å². The molecule has 0 spiro atoms. The van der Waals surface area contributed by atoms with Crippen LogP contribution in [0.1, 0.15) is 25.3 Å². The van der Waals surface area contributed by atoms with Crippen LogP contribution >= 0.6 is 11.6 Å². The molecule has 0 bridgehead atoms. The predicted molar refractivity (Wildman–Crippen MR) is 102 cm³/mol. The van der Waals surface area contributed by atoms with Gasteiger partial charge in [-0.05, 0) is 44.4 Å². The third kappa shape index (κ3) is 3.94. The first-order valence-corrected chi connectivity index (χ1v) is 9.43. The molecule has 3 amide bonds. The highest BCUT2D eigenvalue weighted by atomic mass is 35.5. The van der Waals surface area contributed by atoms with Gasteiger partial charge < -0.3 is 10.1 Å². The maximum atomic E-state index is 12.4. The van der Waals surface area contributed by atoms with Gasteiger partial charge in [0.25, 0.3) is 5.91 Å². The molecule has 0 radical (unpaired) electrons. The van der Waals surface area contributed by atoms with Crippen LogP contribution in [0.4, 0.5) is 5.69 Å². The number of benzene rings is 1. The van der Waals surface area contributed by atoms with Gasteiger partial charge in [0.2, 0.25) is 11.8 Å². The van der Waals surface area contributed by atoms with Crippen molar-refractivity contribution in [2.24, 2.45) is 11.8 Å². The lowest BCUT2D eigenvalue weighted by atomic mass is 9.85. The van der Waals surface area contributed by atoms with Crippen LogP contribution in [0.5, 0.6) is 0 Å². The normalized spacial score (nSPS) is 22.0. The number of halogens is 1. The second kappa shape index (κ2) is 8.14. The van der Waals surface area contributed by atoms with Crippen LogP contribution in [-0.2, 0) is 23.9 Å². The molecule has 0 aromatic heterocycles. The van der Waals surface area contributed by atoms with E-state index in [9.17, 15) is 19.2 Å². The van der Waals surface area contributed by atoms with Crippen molar-refractivity contribution in [1.29, 1.82) is 0 Å². The minimum Gasteiger partial charge on any atom is -0.451 e. The molecule has 3 atom stereocenters. The summed E-state index contributed by atoms with van der Waals surface area (Å²) in [5, 5.41) is 3.16. The fourth-order valence-corrected chi connectivity index (χ4v) is 3.59. The van der Waals surface area contributed by atoms with Crippen LogP contribution in [0.3, 0.4) is 0 Å². The number of hydrogen-bond donors (Lipinski definition) is 1. The molecule has 1 N–H and O–H groups in total. The predicted octanol–water partition coefficient (Wildman–Crippen LogP) is 2.47. The van der Waals surface area contributed by atoms with Crippen molar-refractivity contribution >= 4 is 41.0 Å². The molecule has 1 aliphatic heterocycles. The number of carbonyl (C=O) groups is 4. The number of likely N-dealkylation sites (tertiary alicyclic amines) is 1. The van der Waals surface area contributed by atoms with Gasteiger partial charge in [0.05, 0.1) is 11.8 Å². The summed E-state index contributed by atoms with van der Waals surface area (Å²) in [5.74, 6) is -2.87. The number of amides is 3. The second-order valence-electron chi connectivity index (χ2n) is 6.95. The molecule has 3 rings (SSSR count). The van der Waals surface area contributed by atoms with Crippen LogP contribution in [0.25, 0.3) is 0 Å². The Labute approximate surface area is 167 Å². The van der Waals surface area contributed by atoms with Crippen LogP contribution in [-0.4, -0.2) is 41.2 Å². The van der Waals surface area contributed by atoms with E-state index < -0.39 is 36.4 Å². The van der Waals surface area contributed by atoms with Gasteiger partial charge in [0.15, 0.2) is 6.10 Å². The van der Waals surface area contributed by atoms with E-state index in [0.29, 0.717) is 29.1 Å². The number of carbonyl (C=O) groups excluding carboxylic acids is 4. The fourth-order valence-electron chi connectivity index (χ4n) is 3.42. The molecule has 1 heterocycles. The third-order valence-electron chi connectivity index (χ3n) is 5.09. The Hall–Kier alpha value is -2.67. The topological polar surface area (TPSA) is 92.8 Å². The lowest BCUT2D eigenvalue weighted by Gasteiger charge is -2.18. The lowest BCUT2D eigenvalue weighted by Crippen LogP contribution is -2.39. The Kier molecular flexibility index (Phi) is 5.84. The zero-order chi connectivity index (χ0) is 20.4. The highest BCUT2D eigenvalue weighted by molar-refractivity contribution is 6.31. The van der Waals surface area contributed by atoms with Gasteiger partial charge in [-0.2, -0.15) is 0 Å². The van der Waals surface area contributed by atoms with Crippen LogP contribution in [0, 0.1) is 18.8 Å².